The number of aromatic nitrogens is 5. The third kappa shape index (κ3) is 3.91. The maximum atomic E-state index is 4.66. The van der Waals surface area contributed by atoms with Crippen LogP contribution in [0.15, 0.2) is 30.3 Å². The van der Waals surface area contributed by atoms with Gasteiger partial charge in [0.2, 0.25) is 0 Å². The van der Waals surface area contributed by atoms with Gasteiger partial charge in [0.05, 0.1) is 23.4 Å². The van der Waals surface area contributed by atoms with Crippen LogP contribution in [0.4, 0.5) is 10.9 Å². The second kappa shape index (κ2) is 7.51. The largest absolute Gasteiger partial charge is 0.340 e. The number of hydrogen-bond donors (Lipinski definition) is 1. The van der Waals surface area contributed by atoms with Gasteiger partial charge in [-0.2, -0.15) is 0 Å². The Kier molecular flexibility index (Phi) is 4.94. The van der Waals surface area contributed by atoms with Crippen molar-refractivity contribution in [2.24, 2.45) is 7.05 Å². The lowest BCUT2D eigenvalue weighted by Gasteiger charge is -2.32. The van der Waals surface area contributed by atoms with Gasteiger partial charge >= 0.3 is 0 Å². The lowest BCUT2D eigenvalue weighted by molar-refractivity contribution is 0.197. The fourth-order valence-corrected chi connectivity index (χ4v) is 4.14. The van der Waals surface area contributed by atoms with Gasteiger partial charge in [-0.25, -0.2) is 15.0 Å². The summed E-state index contributed by atoms with van der Waals surface area (Å²) in [7, 11) is 2.01. The highest BCUT2D eigenvalue weighted by Crippen LogP contribution is 2.31. The van der Waals surface area contributed by atoms with Gasteiger partial charge in [-0.15, -0.1) is 11.3 Å². The number of hydrogen-bond acceptors (Lipinski definition) is 7. The van der Waals surface area contributed by atoms with Crippen LogP contribution in [0.5, 0.6) is 0 Å². The van der Waals surface area contributed by atoms with E-state index in [1.165, 1.54) is 0 Å². The molecule has 0 radical (unpaired) electrons. The summed E-state index contributed by atoms with van der Waals surface area (Å²) in [5.74, 6) is 1.19. The predicted octanol–water partition coefficient (Wildman–Crippen LogP) is 3.10. The molecule has 1 aliphatic heterocycles. The molecule has 0 aliphatic carbocycles. The van der Waals surface area contributed by atoms with Crippen LogP contribution in [0.2, 0.25) is 0 Å². The molecule has 0 aromatic carbocycles. The molecule has 3 aromatic heterocycles. The van der Waals surface area contributed by atoms with Crippen LogP contribution < -0.4 is 5.32 Å². The summed E-state index contributed by atoms with van der Waals surface area (Å²) in [4.78, 5) is 20.6. The van der Waals surface area contributed by atoms with E-state index in [0.29, 0.717) is 5.92 Å². The van der Waals surface area contributed by atoms with Crippen molar-refractivity contribution >= 4 is 22.3 Å². The third-order valence-electron chi connectivity index (χ3n) is 4.61. The van der Waals surface area contributed by atoms with E-state index in [0.717, 1.165) is 60.5 Å². The van der Waals surface area contributed by atoms with Crippen molar-refractivity contribution in [1.82, 2.24) is 29.4 Å². The average Bonchev–Trinajstić information content (AvgIpc) is 3.24. The third-order valence-corrected chi connectivity index (χ3v) is 5.48. The molecule has 3 aromatic rings. The molecule has 4 rings (SSSR count). The van der Waals surface area contributed by atoms with Gasteiger partial charge in [-0.3, -0.25) is 9.88 Å². The van der Waals surface area contributed by atoms with Crippen LogP contribution in [-0.2, 0) is 13.6 Å². The van der Waals surface area contributed by atoms with Crippen LogP contribution in [0.25, 0.3) is 0 Å². The quantitative estimate of drug-likeness (QED) is 0.745. The Balaban J connectivity index is 1.49. The van der Waals surface area contributed by atoms with E-state index in [4.69, 9.17) is 0 Å². The molecule has 1 atom stereocenters. The molecule has 0 spiro atoms. The summed E-state index contributed by atoms with van der Waals surface area (Å²) < 4.78 is 2.00. The van der Waals surface area contributed by atoms with Crippen molar-refractivity contribution in [2.45, 2.75) is 32.2 Å². The number of thiazole rings is 1. The highest BCUT2D eigenvalue weighted by molar-refractivity contribution is 7.13. The Bertz CT molecular complexity index is 872. The van der Waals surface area contributed by atoms with E-state index in [-0.39, 0.29) is 0 Å². The molecule has 0 amide bonds. The van der Waals surface area contributed by atoms with Gasteiger partial charge in [0.15, 0.2) is 10.9 Å². The Morgan fingerprint density at radius 1 is 1.27 bits per heavy atom. The van der Waals surface area contributed by atoms with E-state index in [1.807, 2.05) is 30.2 Å². The van der Waals surface area contributed by atoms with Crippen molar-refractivity contribution in [3.8, 4) is 0 Å². The zero-order chi connectivity index (χ0) is 17.9. The molecule has 136 valence electrons. The average molecular weight is 369 g/mol. The normalized spacial score (nSPS) is 18.2. The summed E-state index contributed by atoms with van der Waals surface area (Å²) in [5, 5.41) is 6.26. The van der Waals surface area contributed by atoms with Crippen molar-refractivity contribution < 1.29 is 0 Å². The minimum Gasteiger partial charge on any atom is -0.340 e. The number of rotatable bonds is 5. The lowest BCUT2D eigenvalue weighted by Crippen LogP contribution is -2.34. The fraction of sp³-hybridized carbons (Fsp3) is 0.444. The molecule has 0 unspecified atom stereocenters. The maximum Gasteiger partial charge on any atom is 0.188 e. The van der Waals surface area contributed by atoms with Crippen molar-refractivity contribution in [1.29, 1.82) is 0 Å². The standard InChI is InChI=1S/C18H23N7S/c1-13-11-26-18(22-13)23-17-16(19-5-6-20-17)14-4-3-7-25(8-14)10-15-9-24(2)12-21-15/h5-6,9,11-12,14H,3-4,7-8,10H2,1-2H3,(H,20,22,23)/t14-/m1/s1. The number of nitrogens with one attached hydrogen (secondary N) is 1. The van der Waals surface area contributed by atoms with E-state index < -0.39 is 0 Å². The molecule has 1 N–H and O–H groups in total. The van der Waals surface area contributed by atoms with E-state index in [2.05, 4.69) is 36.3 Å². The highest BCUT2D eigenvalue weighted by atomic mass is 32.1. The molecule has 1 saturated heterocycles. The second-order valence-electron chi connectivity index (χ2n) is 6.81. The summed E-state index contributed by atoms with van der Waals surface area (Å²) >= 11 is 1.59. The molecule has 0 saturated carbocycles. The molecule has 4 heterocycles. The van der Waals surface area contributed by atoms with Crippen LogP contribution >= 0.6 is 11.3 Å². The van der Waals surface area contributed by atoms with Crippen LogP contribution in [0.1, 0.15) is 35.8 Å². The predicted molar refractivity (Wildman–Crippen MR) is 103 cm³/mol. The first-order valence-corrected chi connectivity index (χ1v) is 9.74. The molecule has 1 fully saturated rings. The molecular formula is C18H23N7S. The fourth-order valence-electron chi connectivity index (χ4n) is 3.46. The molecule has 26 heavy (non-hydrogen) atoms. The molecule has 7 nitrogen and oxygen atoms in total. The van der Waals surface area contributed by atoms with Crippen LogP contribution in [-0.4, -0.2) is 42.5 Å². The van der Waals surface area contributed by atoms with Gasteiger partial charge in [-0.05, 0) is 26.3 Å². The van der Waals surface area contributed by atoms with Crippen molar-refractivity contribution in [3.63, 3.8) is 0 Å². The van der Waals surface area contributed by atoms with Crippen molar-refractivity contribution in [3.05, 3.63) is 47.4 Å². The molecule has 0 bridgehead atoms. The number of likely N-dealkylation sites (tertiary alicyclic amines) is 1. The zero-order valence-electron chi connectivity index (χ0n) is 15.1. The monoisotopic (exact) mass is 369 g/mol. The number of piperidine rings is 1. The smallest absolute Gasteiger partial charge is 0.188 e. The zero-order valence-corrected chi connectivity index (χ0v) is 15.9. The van der Waals surface area contributed by atoms with Crippen LogP contribution in [0, 0.1) is 6.92 Å². The van der Waals surface area contributed by atoms with Gasteiger partial charge in [0, 0.05) is 50.0 Å². The lowest BCUT2D eigenvalue weighted by atomic mass is 9.94. The topological polar surface area (TPSA) is 71.8 Å². The first kappa shape index (κ1) is 17.1. The van der Waals surface area contributed by atoms with E-state index in [9.17, 15) is 0 Å². The summed E-state index contributed by atoms with van der Waals surface area (Å²) in [6.07, 6.45) is 9.75. The van der Waals surface area contributed by atoms with Crippen LogP contribution in [0.3, 0.4) is 0 Å². The second-order valence-corrected chi connectivity index (χ2v) is 7.67. The number of nitrogens with zero attached hydrogens (tertiary/aromatic N) is 6. The summed E-state index contributed by atoms with van der Waals surface area (Å²) in [6, 6.07) is 0. The first-order valence-electron chi connectivity index (χ1n) is 8.86. The maximum absolute atomic E-state index is 4.66. The van der Waals surface area contributed by atoms with Gasteiger partial charge in [0.25, 0.3) is 0 Å². The number of aryl methyl sites for hydroxylation is 2. The van der Waals surface area contributed by atoms with Gasteiger partial charge in [0.1, 0.15) is 0 Å². The minimum atomic E-state index is 0.365. The molecular weight excluding hydrogens is 346 g/mol. The molecule has 1 aliphatic rings. The van der Waals surface area contributed by atoms with Gasteiger partial charge < -0.3 is 9.88 Å². The molecule has 8 heteroatoms. The number of anilines is 2. The first-order chi connectivity index (χ1) is 12.7. The Labute approximate surface area is 157 Å². The van der Waals surface area contributed by atoms with Crippen molar-refractivity contribution in [2.75, 3.05) is 18.4 Å². The summed E-state index contributed by atoms with van der Waals surface area (Å²) in [6.45, 7) is 4.95. The minimum absolute atomic E-state index is 0.365. The Hall–Kier alpha value is -2.32. The van der Waals surface area contributed by atoms with E-state index in [1.54, 1.807) is 23.7 Å². The SMILES string of the molecule is Cc1csc(Nc2nccnc2[C@@H]2CCCN(Cc3cn(C)cn3)C2)n1. The highest BCUT2D eigenvalue weighted by Gasteiger charge is 2.25. The Morgan fingerprint density at radius 2 is 2.15 bits per heavy atom. The van der Waals surface area contributed by atoms with E-state index >= 15 is 0 Å². The Morgan fingerprint density at radius 3 is 2.92 bits per heavy atom. The number of imidazole rings is 1. The summed E-state index contributed by atoms with van der Waals surface area (Å²) in [5.41, 5.74) is 3.16. The van der Waals surface area contributed by atoms with Gasteiger partial charge in [-0.1, -0.05) is 0 Å².